The van der Waals surface area contributed by atoms with Crippen molar-refractivity contribution in [1.82, 2.24) is 0 Å². The summed E-state index contributed by atoms with van der Waals surface area (Å²) in [5.41, 5.74) is -0.184. The molecule has 0 aliphatic carbocycles. The number of benzene rings is 1. The van der Waals surface area contributed by atoms with E-state index in [4.69, 9.17) is 16.3 Å². The number of alkyl halides is 3. The molecule has 0 spiro atoms. The Bertz CT molecular complexity index is 549. The lowest BCUT2D eigenvalue weighted by molar-refractivity contribution is -0.230. The van der Waals surface area contributed by atoms with E-state index in [1.54, 1.807) is 19.9 Å². The number of ether oxygens (including phenoxy) is 1. The van der Waals surface area contributed by atoms with E-state index in [0.29, 0.717) is 16.1 Å². The maximum atomic E-state index is 13.2. The Hall–Kier alpha value is -1.16. The zero-order valence-corrected chi connectivity index (χ0v) is 11.6. The van der Waals surface area contributed by atoms with Gasteiger partial charge in [0.25, 0.3) is 0 Å². The third kappa shape index (κ3) is 2.12. The van der Waals surface area contributed by atoms with Gasteiger partial charge < -0.3 is 4.74 Å². The van der Waals surface area contributed by atoms with Crippen molar-refractivity contribution in [2.24, 2.45) is 0 Å². The lowest BCUT2D eigenvalue weighted by Gasteiger charge is -2.36. The number of hydrogen-bond acceptors (Lipinski definition) is 1. The molecule has 1 nitrogen and oxygen atoms in total. The molecule has 0 N–H and O–H groups in total. The number of fused-ring (bicyclic) bond motifs is 1. The van der Waals surface area contributed by atoms with Crippen molar-refractivity contribution in [2.75, 3.05) is 0 Å². The predicted octanol–water partition coefficient (Wildman–Crippen LogP) is 5.07. The van der Waals surface area contributed by atoms with Crippen molar-refractivity contribution in [3.63, 3.8) is 0 Å². The van der Waals surface area contributed by atoms with Gasteiger partial charge in [-0.1, -0.05) is 24.6 Å². The van der Waals surface area contributed by atoms with Crippen LogP contribution in [0.15, 0.2) is 12.1 Å². The van der Waals surface area contributed by atoms with Crippen LogP contribution in [0.2, 0.25) is 5.02 Å². The second-order valence-electron chi connectivity index (χ2n) is 4.72. The van der Waals surface area contributed by atoms with Crippen LogP contribution in [0, 0.1) is 13.8 Å². The first-order chi connectivity index (χ1) is 8.72. The molecule has 1 aliphatic heterocycles. The summed E-state index contributed by atoms with van der Waals surface area (Å²) in [7, 11) is 0. The fraction of sp³-hybridized carbons (Fsp3) is 0.429. The molecule has 1 aromatic carbocycles. The van der Waals surface area contributed by atoms with Crippen LogP contribution in [0.1, 0.15) is 30.0 Å². The summed E-state index contributed by atoms with van der Waals surface area (Å²) >= 11 is 6.10. The average Bonchev–Trinajstić information content (AvgIpc) is 2.34. The molecule has 104 valence electrons. The maximum Gasteiger partial charge on any atom is 0.432 e. The van der Waals surface area contributed by atoms with E-state index in [9.17, 15) is 13.2 Å². The van der Waals surface area contributed by atoms with Gasteiger partial charge >= 0.3 is 6.18 Å². The molecule has 0 fully saturated rings. The molecule has 1 atom stereocenters. The van der Waals surface area contributed by atoms with Crippen LogP contribution in [0.25, 0.3) is 6.08 Å². The third-order valence-corrected chi connectivity index (χ3v) is 4.09. The fourth-order valence-electron chi connectivity index (χ4n) is 2.22. The molecule has 0 saturated carbocycles. The zero-order valence-electron chi connectivity index (χ0n) is 10.9. The zero-order chi connectivity index (χ0) is 14.4. The smallest absolute Gasteiger partial charge is 0.432 e. The van der Waals surface area contributed by atoms with E-state index in [1.165, 1.54) is 13.0 Å². The van der Waals surface area contributed by atoms with Gasteiger partial charge in [-0.05, 0) is 43.5 Å². The van der Waals surface area contributed by atoms with Gasteiger partial charge in [0.1, 0.15) is 5.75 Å². The van der Waals surface area contributed by atoms with Gasteiger partial charge in [-0.25, -0.2) is 0 Å². The van der Waals surface area contributed by atoms with E-state index in [2.05, 4.69) is 0 Å². The number of rotatable bonds is 1. The normalized spacial score (nSPS) is 22.1. The van der Waals surface area contributed by atoms with Gasteiger partial charge in [-0.3, -0.25) is 0 Å². The first-order valence-electron chi connectivity index (χ1n) is 5.96. The first-order valence-corrected chi connectivity index (χ1v) is 6.34. The van der Waals surface area contributed by atoms with E-state index in [0.717, 1.165) is 11.6 Å². The molecule has 1 heterocycles. The summed E-state index contributed by atoms with van der Waals surface area (Å²) in [6.45, 7) is 4.98. The Morgan fingerprint density at radius 1 is 1.32 bits per heavy atom. The Morgan fingerprint density at radius 3 is 2.47 bits per heavy atom. The summed E-state index contributed by atoms with van der Waals surface area (Å²) in [5.74, 6) is 0.237. The van der Waals surface area contributed by atoms with Crippen LogP contribution in [-0.2, 0) is 0 Å². The molecule has 1 aromatic rings. The summed E-state index contributed by atoms with van der Waals surface area (Å²) in [4.78, 5) is 0. The molecular formula is C14H14ClF3O. The average molecular weight is 291 g/mol. The highest BCUT2D eigenvalue weighted by Crippen LogP contribution is 2.45. The van der Waals surface area contributed by atoms with Gasteiger partial charge in [-0.15, -0.1) is 0 Å². The lowest BCUT2D eigenvalue weighted by atomic mass is 9.92. The van der Waals surface area contributed by atoms with Gasteiger partial charge in [0.05, 0.1) is 0 Å². The van der Waals surface area contributed by atoms with Gasteiger partial charge in [0.15, 0.2) is 0 Å². The Balaban J connectivity index is 2.58. The minimum atomic E-state index is -4.45. The van der Waals surface area contributed by atoms with Crippen molar-refractivity contribution >= 4 is 17.7 Å². The summed E-state index contributed by atoms with van der Waals surface area (Å²) in [5, 5.41) is 0.558. The Kier molecular flexibility index (Phi) is 3.33. The summed E-state index contributed by atoms with van der Waals surface area (Å²) in [6, 6.07) is 1.56. The van der Waals surface area contributed by atoms with Crippen molar-refractivity contribution < 1.29 is 17.9 Å². The number of halogens is 4. The molecule has 1 aliphatic rings. The van der Waals surface area contributed by atoms with Gasteiger partial charge in [0.2, 0.25) is 5.60 Å². The van der Waals surface area contributed by atoms with Crippen LogP contribution < -0.4 is 4.74 Å². The molecule has 0 aromatic heterocycles. The van der Waals surface area contributed by atoms with E-state index >= 15 is 0 Å². The van der Waals surface area contributed by atoms with E-state index in [1.807, 2.05) is 0 Å². The minimum Gasteiger partial charge on any atom is -0.473 e. The molecule has 5 heteroatoms. The molecule has 0 radical (unpaired) electrons. The molecule has 0 bridgehead atoms. The fourth-order valence-corrected chi connectivity index (χ4v) is 2.38. The van der Waals surface area contributed by atoms with Crippen LogP contribution in [0.4, 0.5) is 13.2 Å². The predicted molar refractivity (Wildman–Crippen MR) is 69.7 cm³/mol. The number of aryl methyl sites for hydroxylation is 1. The van der Waals surface area contributed by atoms with Crippen molar-refractivity contribution in [3.8, 4) is 5.75 Å². The highest BCUT2D eigenvalue weighted by atomic mass is 35.5. The van der Waals surface area contributed by atoms with E-state index < -0.39 is 11.8 Å². The quantitative estimate of drug-likeness (QED) is 0.701. The first kappa shape index (κ1) is 14.3. The standard InChI is InChI=1S/C14H14ClF3O/c1-4-13(14(16,17)18)6-5-10-9(3)12(15)8(2)7-11(10)19-13/h5-7H,4H2,1-3H3. The van der Waals surface area contributed by atoms with E-state index in [-0.39, 0.29) is 12.2 Å². The SMILES string of the molecule is CCC1(C(F)(F)F)C=Cc2c(cc(C)c(Cl)c2C)O1. The molecule has 19 heavy (non-hydrogen) atoms. The molecule has 1 unspecified atom stereocenters. The highest BCUT2D eigenvalue weighted by Gasteiger charge is 2.55. The Morgan fingerprint density at radius 2 is 1.95 bits per heavy atom. The highest BCUT2D eigenvalue weighted by molar-refractivity contribution is 6.32. The maximum absolute atomic E-state index is 13.2. The van der Waals surface area contributed by atoms with Crippen molar-refractivity contribution in [3.05, 3.63) is 33.9 Å². The van der Waals surface area contributed by atoms with Crippen LogP contribution >= 0.6 is 11.6 Å². The topological polar surface area (TPSA) is 9.23 Å². The summed E-state index contributed by atoms with van der Waals surface area (Å²) in [6.07, 6.45) is -2.09. The van der Waals surface area contributed by atoms with Crippen LogP contribution in [-0.4, -0.2) is 11.8 Å². The Labute approximate surface area is 115 Å². The van der Waals surface area contributed by atoms with Crippen LogP contribution in [0.5, 0.6) is 5.75 Å². The monoisotopic (exact) mass is 290 g/mol. The van der Waals surface area contributed by atoms with Crippen LogP contribution in [0.3, 0.4) is 0 Å². The second kappa shape index (κ2) is 4.44. The second-order valence-corrected chi connectivity index (χ2v) is 5.10. The molecule has 0 amide bonds. The lowest BCUT2D eigenvalue weighted by Crippen LogP contribution is -2.49. The van der Waals surface area contributed by atoms with Gasteiger partial charge in [-0.2, -0.15) is 13.2 Å². The molecule has 2 rings (SSSR count). The summed E-state index contributed by atoms with van der Waals surface area (Å²) < 4.78 is 44.8. The number of hydrogen-bond donors (Lipinski definition) is 0. The minimum absolute atomic E-state index is 0.173. The van der Waals surface area contributed by atoms with Crippen molar-refractivity contribution in [2.45, 2.75) is 39.0 Å². The van der Waals surface area contributed by atoms with Crippen molar-refractivity contribution in [1.29, 1.82) is 0 Å². The largest absolute Gasteiger partial charge is 0.473 e. The molecular weight excluding hydrogens is 277 g/mol. The third-order valence-electron chi connectivity index (χ3n) is 3.51. The van der Waals surface area contributed by atoms with Gasteiger partial charge in [0, 0.05) is 10.6 Å². The molecule has 0 saturated heterocycles.